The molecule has 19 heteroatoms. The highest BCUT2D eigenvalue weighted by atomic mass is 32.2. The second-order valence-electron chi connectivity index (χ2n) is 9.62. The van der Waals surface area contributed by atoms with E-state index in [9.17, 15) is 24.3 Å². The molecule has 0 radical (unpaired) electrons. The topological polar surface area (TPSA) is 215 Å². The second-order valence-corrected chi connectivity index (χ2v) is 12.5. The molecule has 4 aliphatic rings. The van der Waals surface area contributed by atoms with E-state index in [1.165, 1.54) is 32.5 Å². The first kappa shape index (κ1) is 29.0. The lowest BCUT2D eigenvalue weighted by Gasteiger charge is -2.53. The summed E-state index contributed by atoms with van der Waals surface area (Å²) in [6, 6.07) is -0.878. The van der Waals surface area contributed by atoms with Gasteiger partial charge >= 0.3 is 11.9 Å². The molecule has 0 bridgehead atoms. The van der Waals surface area contributed by atoms with Crippen LogP contribution in [0.5, 0.6) is 0 Å². The lowest BCUT2D eigenvalue weighted by Crippen LogP contribution is -2.74. The zero-order valence-electron chi connectivity index (χ0n) is 21.4. The van der Waals surface area contributed by atoms with Crippen molar-refractivity contribution in [2.24, 2.45) is 15.7 Å². The summed E-state index contributed by atoms with van der Waals surface area (Å²) in [4.78, 5) is 60.7. The number of fused-ring (bicyclic) bond motifs is 1. The van der Waals surface area contributed by atoms with E-state index in [-0.39, 0.29) is 47.2 Å². The summed E-state index contributed by atoms with van der Waals surface area (Å²) < 4.78 is 1.27. The van der Waals surface area contributed by atoms with Crippen molar-refractivity contribution in [1.82, 2.24) is 30.3 Å². The van der Waals surface area contributed by atoms with Crippen LogP contribution in [0.3, 0.4) is 0 Å². The van der Waals surface area contributed by atoms with Crippen molar-refractivity contribution in [2.45, 2.75) is 36.8 Å². The van der Waals surface area contributed by atoms with E-state index in [1.54, 1.807) is 5.38 Å². The highest BCUT2D eigenvalue weighted by Crippen LogP contribution is 2.44. The van der Waals surface area contributed by atoms with Crippen molar-refractivity contribution in [3.63, 3.8) is 0 Å². The Morgan fingerprint density at radius 1 is 1.37 bits per heavy atom. The number of nitrogens with zero attached hydrogens (tertiary/aromatic N) is 6. The summed E-state index contributed by atoms with van der Waals surface area (Å²) in [7, 11) is 0. The molecule has 3 unspecified atom stereocenters. The van der Waals surface area contributed by atoms with E-state index in [4.69, 9.17) is 15.7 Å². The van der Waals surface area contributed by atoms with Crippen molar-refractivity contribution >= 4 is 76.0 Å². The van der Waals surface area contributed by atoms with Crippen LogP contribution in [0.25, 0.3) is 0 Å². The Bertz CT molecular complexity index is 1310. The molecule has 4 atom stereocenters. The van der Waals surface area contributed by atoms with Crippen LogP contribution in [0.15, 0.2) is 27.8 Å². The normalized spacial score (nSPS) is 27.4. The number of thiazole rings is 1. The van der Waals surface area contributed by atoms with Gasteiger partial charge in [0, 0.05) is 23.4 Å². The Morgan fingerprint density at radius 2 is 2.20 bits per heavy atom. The highest BCUT2D eigenvalue weighted by molar-refractivity contribution is 8.00. The first-order valence-corrected chi connectivity index (χ1v) is 15.3. The van der Waals surface area contributed by atoms with Gasteiger partial charge in [-0.25, -0.2) is 4.98 Å². The molecular weight excluding hydrogens is 598 g/mol. The van der Waals surface area contributed by atoms with Crippen LogP contribution in [-0.4, -0.2) is 108 Å². The Hall–Kier alpha value is -3.55. The molecule has 0 saturated carbocycles. The lowest BCUT2D eigenvalue weighted by molar-refractivity contribution is -0.157. The molecule has 6 N–H and O–H groups in total. The standard InChI is InChI=1S/C22H27N9O7S3/c23-21-25-13(7-39-21)15(27-38-12-4-2-1-3-5-12)17(34)26-16-18(35)30-8-22(20(36)37,9-40-19(16)30)10-41-31-24-11-29(28-31)6-14(32)33/h2,4,7,11-12,16,19,28H,1,3,5-6,8-10H2,(H2,23,25)(H,26,34)(H,32,33)(H,36,37)/t12?,16?,19-,22?/m1/s1. The fraction of sp³-hybridized carbons (Fsp3) is 0.500. The van der Waals surface area contributed by atoms with Gasteiger partial charge in [0.05, 0.1) is 0 Å². The maximum absolute atomic E-state index is 13.3. The van der Waals surface area contributed by atoms with Crippen LogP contribution < -0.4 is 16.6 Å². The number of hydrazone groups is 1. The Balaban J connectivity index is 1.21. The molecule has 2 fully saturated rings. The van der Waals surface area contributed by atoms with E-state index >= 15 is 0 Å². The second kappa shape index (κ2) is 12.1. The zero-order valence-corrected chi connectivity index (χ0v) is 23.9. The van der Waals surface area contributed by atoms with E-state index in [2.05, 4.69) is 26.1 Å². The van der Waals surface area contributed by atoms with E-state index in [1.807, 2.05) is 12.2 Å². The summed E-state index contributed by atoms with van der Waals surface area (Å²) in [6.45, 7) is -0.390. The molecule has 2 amide bonds. The number of rotatable bonds is 11. The number of allylic oxidation sites excluding steroid dienone is 1. The van der Waals surface area contributed by atoms with Crippen molar-refractivity contribution in [2.75, 3.05) is 30.3 Å². The van der Waals surface area contributed by atoms with Gasteiger partial charge in [-0.15, -0.1) is 38.3 Å². The number of β-lactam (4-membered cyclic amide) rings is 1. The third kappa shape index (κ3) is 6.36. The molecule has 5 rings (SSSR count). The summed E-state index contributed by atoms with van der Waals surface area (Å²) in [5.74, 6) is -2.97. The van der Waals surface area contributed by atoms with E-state index < -0.39 is 40.6 Å². The summed E-state index contributed by atoms with van der Waals surface area (Å²) in [6.07, 6.45) is 7.53. The number of carbonyl (C=O) groups excluding carboxylic acids is 2. The predicted molar refractivity (Wildman–Crippen MR) is 151 cm³/mol. The zero-order chi connectivity index (χ0) is 29.1. The van der Waals surface area contributed by atoms with Crippen LogP contribution in [0.4, 0.5) is 5.13 Å². The smallest absolute Gasteiger partial charge is 0.324 e. The number of aromatic nitrogens is 1. The largest absolute Gasteiger partial charge is 0.481 e. The van der Waals surface area contributed by atoms with Crippen molar-refractivity contribution in [3.8, 4) is 0 Å². The van der Waals surface area contributed by atoms with Crippen molar-refractivity contribution in [3.05, 3.63) is 23.2 Å². The molecule has 4 heterocycles. The third-order valence-corrected chi connectivity index (χ3v) is 10.00. The van der Waals surface area contributed by atoms with Gasteiger partial charge in [0.1, 0.15) is 41.5 Å². The Labute approximate surface area is 246 Å². The average molecular weight is 626 g/mol. The number of anilines is 1. The maximum Gasteiger partial charge on any atom is 0.324 e. The molecule has 3 aliphatic heterocycles. The number of hydrogen-bond donors (Lipinski definition) is 5. The van der Waals surface area contributed by atoms with Gasteiger partial charge in [0.2, 0.25) is 5.91 Å². The predicted octanol–water partition coefficient (Wildman–Crippen LogP) is -0.261. The molecule has 41 heavy (non-hydrogen) atoms. The lowest BCUT2D eigenvalue weighted by atomic mass is 9.89. The molecular formula is C22H27N9O7S3. The molecule has 16 nitrogen and oxygen atoms in total. The number of aliphatic carboxylic acids is 2. The van der Waals surface area contributed by atoms with Gasteiger partial charge in [-0.05, 0) is 37.3 Å². The monoisotopic (exact) mass is 625 g/mol. The summed E-state index contributed by atoms with van der Waals surface area (Å²) in [5, 5.41) is 32.4. The maximum atomic E-state index is 13.3. The van der Waals surface area contributed by atoms with Gasteiger partial charge in [-0.2, -0.15) is 0 Å². The minimum absolute atomic E-state index is 0.0586. The number of hydrogen-bond acceptors (Lipinski definition) is 15. The summed E-state index contributed by atoms with van der Waals surface area (Å²) in [5.41, 5.74) is 7.30. The average Bonchev–Trinajstić information content (AvgIpc) is 3.59. The Kier molecular flexibility index (Phi) is 8.57. The van der Waals surface area contributed by atoms with Crippen molar-refractivity contribution < 1.29 is 34.2 Å². The number of amides is 2. The fourth-order valence-electron chi connectivity index (χ4n) is 4.45. The summed E-state index contributed by atoms with van der Waals surface area (Å²) >= 11 is 3.45. The highest BCUT2D eigenvalue weighted by Gasteiger charge is 2.57. The SMILES string of the molecule is Nc1nc(C(=NOC2C=CCCC2)C(=O)NC2C(=O)N3CC(CSN4N=CN(CC(=O)O)N4)(C(=O)O)CS[C@H]23)cs1. The molecule has 1 aliphatic carbocycles. The fourth-order valence-corrected chi connectivity index (χ4v) is 7.62. The van der Waals surface area contributed by atoms with Gasteiger partial charge in [0.15, 0.2) is 10.8 Å². The van der Waals surface area contributed by atoms with Crippen LogP contribution in [-0.2, 0) is 24.0 Å². The Morgan fingerprint density at radius 3 is 2.88 bits per heavy atom. The van der Waals surface area contributed by atoms with Crippen LogP contribution >= 0.6 is 35.0 Å². The van der Waals surface area contributed by atoms with Gasteiger partial charge in [-0.3, -0.25) is 24.2 Å². The third-order valence-electron chi connectivity index (χ3n) is 6.63. The van der Waals surface area contributed by atoms with Gasteiger partial charge in [0.25, 0.3) is 5.91 Å². The molecule has 2 saturated heterocycles. The molecule has 0 aromatic carbocycles. The first-order valence-electron chi connectivity index (χ1n) is 12.5. The minimum Gasteiger partial charge on any atom is -0.481 e. The molecule has 1 aromatic heterocycles. The number of carboxylic acids is 2. The number of carbonyl (C=O) groups is 4. The minimum atomic E-state index is -1.29. The number of nitrogens with one attached hydrogen (secondary N) is 2. The van der Waals surface area contributed by atoms with Crippen LogP contribution in [0, 0.1) is 5.41 Å². The number of carboxylic acid groups (broad SMARTS) is 2. The number of nitrogens with two attached hydrogens (primary N) is 1. The molecule has 0 spiro atoms. The number of thioether (sulfide) groups is 1. The van der Waals surface area contributed by atoms with Crippen LogP contribution in [0.1, 0.15) is 25.0 Å². The molecule has 220 valence electrons. The van der Waals surface area contributed by atoms with E-state index in [0.717, 1.165) is 42.5 Å². The van der Waals surface area contributed by atoms with Gasteiger partial charge in [-0.1, -0.05) is 11.2 Å². The number of oxime groups is 1. The van der Waals surface area contributed by atoms with Gasteiger partial charge < -0.3 is 31.0 Å². The van der Waals surface area contributed by atoms with Crippen molar-refractivity contribution in [1.29, 1.82) is 0 Å². The quantitative estimate of drug-likeness (QED) is 0.0704. The number of nitrogen functional groups attached to an aromatic ring is 1. The van der Waals surface area contributed by atoms with Crippen LogP contribution in [0.2, 0.25) is 0 Å². The first-order chi connectivity index (χ1) is 19.6. The molecule has 1 aromatic rings. The van der Waals surface area contributed by atoms with E-state index in [0.29, 0.717) is 0 Å². The number of hydrazine groups is 2.